The Labute approximate surface area is 223 Å². The smallest absolute Gasteiger partial charge is 0.261 e. The van der Waals surface area contributed by atoms with Crippen molar-refractivity contribution in [2.24, 2.45) is 0 Å². The summed E-state index contributed by atoms with van der Waals surface area (Å²) in [6.07, 6.45) is 1.17. The number of sulfonamides is 1. The highest BCUT2D eigenvalue weighted by Gasteiger charge is 2.36. The van der Waals surface area contributed by atoms with Gasteiger partial charge in [-0.3, -0.25) is 9.52 Å². The molecule has 2 aromatic heterocycles. The zero-order valence-corrected chi connectivity index (χ0v) is 22.5. The maximum Gasteiger partial charge on any atom is 0.261 e. The molecule has 2 aromatic carbocycles. The van der Waals surface area contributed by atoms with Gasteiger partial charge in [-0.15, -0.1) is 0 Å². The maximum absolute atomic E-state index is 15.3. The summed E-state index contributed by atoms with van der Waals surface area (Å²) in [4.78, 5) is 24.5. The summed E-state index contributed by atoms with van der Waals surface area (Å²) in [5.74, 6) is -3.81. The highest BCUT2D eigenvalue weighted by molar-refractivity contribution is 8.09. The van der Waals surface area contributed by atoms with E-state index in [1.54, 1.807) is 6.92 Å². The van der Waals surface area contributed by atoms with Crippen molar-refractivity contribution in [2.45, 2.75) is 31.3 Å². The number of sulfone groups is 1. The summed E-state index contributed by atoms with van der Waals surface area (Å²) in [7, 11) is -8.71. The molecule has 0 saturated heterocycles. The first kappa shape index (κ1) is 28.1. The molecule has 2 heterocycles. The Bertz CT molecular complexity index is 1740. The van der Waals surface area contributed by atoms with Crippen LogP contribution < -0.4 is 10.0 Å². The number of carbonyl (C=O) groups is 1. The van der Waals surface area contributed by atoms with Gasteiger partial charge in [0.2, 0.25) is 10.0 Å². The largest absolute Gasteiger partial charge is 0.323 e. The average molecular weight is 578 g/mol. The van der Waals surface area contributed by atoms with E-state index in [2.05, 4.69) is 20.3 Å². The highest BCUT2D eigenvalue weighted by Crippen LogP contribution is 2.27. The van der Waals surface area contributed by atoms with Crippen molar-refractivity contribution in [3.63, 3.8) is 0 Å². The predicted molar refractivity (Wildman–Crippen MR) is 144 cm³/mol. The Hall–Kier alpha value is -3.91. The lowest BCUT2D eigenvalue weighted by molar-refractivity contribution is 0.101. The minimum Gasteiger partial charge on any atom is -0.323 e. The molecule has 10 nitrogen and oxygen atoms in total. The molecule has 206 valence electrons. The monoisotopic (exact) mass is 577 g/mol. The van der Waals surface area contributed by atoms with Crippen LogP contribution in [0.1, 0.15) is 37.0 Å². The fraction of sp³-hybridized carbons (Fsp3) is 0.240. The third-order valence-electron chi connectivity index (χ3n) is 5.78. The minimum absolute atomic E-state index is 0.0834. The van der Waals surface area contributed by atoms with E-state index in [0.717, 1.165) is 11.6 Å². The van der Waals surface area contributed by atoms with Crippen molar-refractivity contribution in [1.29, 1.82) is 0 Å². The number of rotatable bonds is 10. The van der Waals surface area contributed by atoms with Crippen LogP contribution in [-0.2, 0) is 19.9 Å². The van der Waals surface area contributed by atoms with Gasteiger partial charge in [0.25, 0.3) is 5.91 Å². The van der Waals surface area contributed by atoms with Gasteiger partial charge in [0.15, 0.2) is 25.9 Å². The average Bonchev–Trinajstić information content (AvgIpc) is 3.30. The lowest BCUT2D eigenvalue weighted by Crippen LogP contribution is -2.36. The molecule has 0 aliphatic rings. The number of aromatic amines is 1. The number of amides is 1. The number of hydrogen-bond acceptors (Lipinski definition) is 7. The van der Waals surface area contributed by atoms with E-state index in [1.807, 2.05) is 35.1 Å². The van der Waals surface area contributed by atoms with Gasteiger partial charge in [0.05, 0.1) is 23.3 Å². The normalized spacial score (nSPS) is 12.8. The highest BCUT2D eigenvalue weighted by atomic mass is 32.3. The van der Waals surface area contributed by atoms with Crippen molar-refractivity contribution >= 4 is 48.3 Å². The molecule has 4 aromatic rings. The number of halogens is 2. The van der Waals surface area contributed by atoms with E-state index in [4.69, 9.17) is 0 Å². The van der Waals surface area contributed by atoms with Crippen molar-refractivity contribution < 1.29 is 30.4 Å². The van der Waals surface area contributed by atoms with Gasteiger partial charge in [0, 0.05) is 5.56 Å². The third kappa shape index (κ3) is 5.91. The van der Waals surface area contributed by atoms with E-state index in [9.17, 15) is 26.0 Å². The van der Waals surface area contributed by atoms with Crippen LogP contribution in [0.3, 0.4) is 0 Å². The standard InChI is InChI=1S/C25H25F2N5O5S2/c1-3-12-38(34,35)20(4-2)39(36,37)32-18-11-10-17(26)21(22(18)27)25(33)29-16-13-19-24(28-14-16)31-23(30-19)15-8-6-5-7-9-15/h5-11,13-14,20,32H,3-4,12H2,1-2H3,(H,29,33)(H,28,30,31). The summed E-state index contributed by atoms with van der Waals surface area (Å²) in [6.45, 7) is 2.94. The van der Waals surface area contributed by atoms with Crippen LogP contribution in [0.2, 0.25) is 0 Å². The molecule has 0 bridgehead atoms. The lowest BCUT2D eigenvalue weighted by Gasteiger charge is -2.18. The summed E-state index contributed by atoms with van der Waals surface area (Å²) < 4.78 is 80.4. The quantitative estimate of drug-likeness (QED) is 0.252. The first-order chi connectivity index (χ1) is 18.5. The molecule has 0 saturated carbocycles. The topological polar surface area (TPSA) is 151 Å². The molecule has 0 fully saturated rings. The number of benzene rings is 2. The van der Waals surface area contributed by atoms with Crippen molar-refractivity contribution in [3.05, 3.63) is 71.9 Å². The molecule has 0 spiro atoms. The second-order valence-corrected chi connectivity index (χ2v) is 13.1. The molecule has 1 atom stereocenters. The van der Waals surface area contributed by atoms with E-state index in [-0.39, 0.29) is 24.3 Å². The second-order valence-electron chi connectivity index (χ2n) is 8.63. The van der Waals surface area contributed by atoms with Crippen LogP contribution in [-0.4, -0.2) is 48.0 Å². The second kappa shape index (κ2) is 11.1. The number of fused-ring (bicyclic) bond motifs is 1. The molecule has 0 aliphatic carbocycles. The molecule has 0 radical (unpaired) electrons. The number of aromatic nitrogens is 3. The molecular formula is C25H25F2N5O5S2. The Morgan fingerprint density at radius 2 is 1.77 bits per heavy atom. The van der Waals surface area contributed by atoms with Gasteiger partial charge >= 0.3 is 0 Å². The predicted octanol–water partition coefficient (Wildman–Crippen LogP) is 4.46. The van der Waals surface area contributed by atoms with Gasteiger partial charge in [0.1, 0.15) is 22.7 Å². The van der Waals surface area contributed by atoms with Gasteiger partial charge < -0.3 is 10.3 Å². The fourth-order valence-electron chi connectivity index (χ4n) is 4.03. The summed E-state index contributed by atoms with van der Waals surface area (Å²) in [6, 6.07) is 12.2. The molecule has 39 heavy (non-hydrogen) atoms. The lowest BCUT2D eigenvalue weighted by atomic mass is 10.1. The number of H-pyrrole nitrogens is 1. The Kier molecular flexibility index (Phi) is 7.97. The third-order valence-corrected chi connectivity index (χ3v) is 11.1. The first-order valence-electron chi connectivity index (χ1n) is 11.9. The fourth-order valence-corrected chi connectivity index (χ4v) is 8.38. The van der Waals surface area contributed by atoms with Crippen LogP contribution in [0.25, 0.3) is 22.6 Å². The Morgan fingerprint density at radius 1 is 1.05 bits per heavy atom. The minimum atomic E-state index is -4.64. The van der Waals surface area contributed by atoms with Crippen LogP contribution >= 0.6 is 0 Å². The SMILES string of the molecule is CCCS(=O)(=O)C(CC)S(=O)(=O)Nc1ccc(F)c(C(=O)Nc2cnc3[nH]c(-c4ccccc4)nc3c2)c1F. The van der Waals surface area contributed by atoms with Crippen LogP contribution in [0, 0.1) is 11.6 Å². The van der Waals surface area contributed by atoms with Gasteiger partial charge in [-0.25, -0.2) is 35.6 Å². The molecule has 1 amide bonds. The zero-order valence-electron chi connectivity index (χ0n) is 20.9. The number of anilines is 2. The number of hydrogen-bond donors (Lipinski definition) is 3. The van der Waals surface area contributed by atoms with Gasteiger partial charge in [-0.05, 0) is 31.0 Å². The maximum atomic E-state index is 15.3. The summed E-state index contributed by atoms with van der Waals surface area (Å²) in [5, 5.41) is 2.34. The van der Waals surface area contributed by atoms with E-state index < -0.39 is 53.2 Å². The molecule has 3 N–H and O–H groups in total. The molecular weight excluding hydrogens is 552 g/mol. The van der Waals surface area contributed by atoms with Crippen molar-refractivity contribution in [3.8, 4) is 11.4 Å². The van der Waals surface area contributed by atoms with Crippen molar-refractivity contribution in [2.75, 3.05) is 15.8 Å². The number of nitrogens with zero attached hydrogens (tertiary/aromatic N) is 2. The molecule has 14 heteroatoms. The number of nitrogens with one attached hydrogen (secondary N) is 3. The van der Waals surface area contributed by atoms with E-state index in [0.29, 0.717) is 23.1 Å². The summed E-state index contributed by atoms with van der Waals surface area (Å²) >= 11 is 0. The Morgan fingerprint density at radius 3 is 2.44 bits per heavy atom. The molecule has 0 aliphatic heterocycles. The van der Waals surface area contributed by atoms with E-state index >= 15 is 4.39 Å². The summed E-state index contributed by atoms with van der Waals surface area (Å²) in [5.41, 5.74) is -0.138. The number of imidazole rings is 1. The van der Waals surface area contributed by atoms with E-state index in [1.165, 1.54) is 19.2 Å². The van der Waals surface area contributed by atoms with Gasteiger partial charge in [-0.2, -0.15) is 0 Å². The first-order valence-corrected chi connectivity index (χ1v) is 15.2. The van der Waals surface area contributed by atoms with Crippen LogP contribution in [0.5, 0.6) is 0 Å². The number of pyridine rings is 1. The zero-order chi connectivity index (χ0) is 28.4. The van der Waals surface area contributed by atoms with Crippen molar-refractivity contribution in [1.82, 2.24) is 15.0 Å². The molecule has 4 rings (SSSR count). The van der Waals surface area contributed by atoms with Crippen LogP contribution in [0.15, 0.2) is 54.7 Å². The molecule has 1 unspecified atom stereocenters. The van der Waals surface area contributed by atoms with Gasteiger partial charge in [-0.1, -0.05) is 44.2 Å². The Balaban J connectivity index is 1.60. The number of carbonyl (C=O) groups excluding carboxylic acids is 1. The van der Waals surface area contributed by atoms with Crippen LogP contribution in [0.4, 0.5) is 20.2 Å².